The Bertz CT molecular complexity index is 422. The van der Waals surface area contributed by atoms with Crippen LogP contribution in [0.5, 0.6) is 0 Å². The molecule has 1 aliphatic heterocycles. The molecular formula is C16H26IN3. The lowest BCUT2D eigenvalue weighted by Crippen LogP contribution is -2.41. The van der Waals surface area contributed by atoms with E-state index in [2.05, 4.69) is 53.3 Å². The summed E-state index contributed by atoms with van der Waals surface area (Å²) < 4.78 is 0. The van der Waals surface area contributed by atoms with E-state index in [1.54, 1.807) is 0 Å². The molecule has 1 heterocycles. The molecule has 4 heteroatoms. The molecule has 1 unspecified atom stereocenters. The molecule has 0 saturated carbocycles. The Kier molecular flexibility index (Phi) is 7.34. The van der Waals surface area contributed by atoms with Crippen LogP contribution in [0.1, 0.15) is 36.8 Å². The lowest BCUT2D eigenvalue weighted by Gasteiger charge is -2.22. The Labute approximate surface area is 139 Å². The van der Waals surface area contributed by atoms with Crippen molar-refractivity contribution in [3.05, 3.63) is 35.4 Å². The van der Waals surface area contributed by atoms with Gasteiger partial charge in [-0.15, -0.1) is 24.0 Å². The van der Waals surface area contributed by atoms with E-state index < -0.39 is 0 Å². The van der Waals surface area contributed by atoms with Crippen LogP contribution in [-0.4, -0.2) is 37.5 Å². The first-order valence-corrected chi connectivity index (χ1v) is 7.23. The fraction of sp³-hybridized carbons (Fsp3) is 0.562. The smallest absolute Gasteiger partial charge is 0.193 e. The third-order valence-electron chi connectivity index (χ3n) is 3.83. The summed E-state index contributed by atoms with van der Waals surface area (Å²) in [7, 11) is 1.87. The SMILES string of the molecule is CN=C(NCC(C)c1ccc(C)cc1)N1CCCC1.I. The summed E-state index contributed by atoms with van der Waals surface area (Å²) >= 11 is 0. The molecule has 3 nitrogen and oxygen atoms in total. The minimum Gasteiger partial charge on any atom is -0.356 e. The number of likely N-dealkylation sites (tertiary alicyclic amines) is 1. The van der Waals surface area contributed by atoms with Gasteiger partial charge in [-0.2, -0.15) is 0 Å². The third kappa shape index (κ3) is 4.65. The largest absolute Gasteiger partial charge is 0.356 e. The quantitative estimate of drug-likeness (QED) is 0.489. The standard InChI is InChI=1S/C16H25N3.HI/c1-13-6-8-15(9-7-13)14(2)12-18-16(17-3)19-10-4-5-11-19;/h6-9,14H,4-5,10-12H2,1-3H3,(H,17,18);1H. The maximum Gasteiger partial charge on any atom is 0.193 e. The molecule has 0 radical (unpaired) electrons. The van der Waals surface area contributed by atoms with E-state index in [0.717, 1.165) is 25.6 Å². The molecule has 1 aromatic carbocycles. The van der Waals surface area contributed by atoms with Crippen LogP contribution in [0.4, 0.5) is 0 Å². The molecule has 112 valence electrons. The number of rotatable bonds is 3. The molecule has 0 bridgehead atoms. The summed E-state index contributed by atoms with van der Waals surface area (Å²) in [5.41, 5.74) is 2.70. The van der Waals surface area contributed by atoms with Gasteiger partial charge in [0, 0.05) is 26.7 Å². The predicted octanol–water partition coefficient (Wildman–Crippen LogP) is 3.39. The first kappa shape index (κ1) is 17.3. The van der Waals surface area contributed by atoms with E-state index in [4.69, 9.17) is 0 Å². The lowest BCUT2D eigenvalue weighted by atomic mass is 10.0. The Balaban J connectivity index is 0.00000200. The van der Waals surface area contributed by atoms with Gasteiger partial charge in [0.25, 0.3) is 0 Å². The summed E-state index contributed by atoms with van der Waals surface area (Å²) in [6.07, 6.45) is 2.57. The van der Waals surface area contributed by atoms with Gasteiger partial charge in [-0.25, -0.2) is 0 Å². The average molecular weight is 387 g/mol. The van der Waals surface area contributed by atoms with Crippen molar-refractivity contribution in [3.8, 4) is 0 Å². The van der Waals surface area contributed by atoms with Crippen molar-refractivity contribution < 1.29 is 0 Å². The second-order valence-electron chi connectivity index (χ2n) is 5.43. The Morgan fingerprint density at radius 3 is 2.40 bits per heavy atom. The van der Waals surface area contributed by atoms with Crippen LogP contribution in [0.3, 0.4) is 0 Å². The topological polar surface area (TPSA) is 27.6 Å². The summed E-state index contributed by atoms with van der Waals surface area (Å²) in [6, 6.07) is 8.81. The molecule has 0 amide bonds. The number of hydrogen-bond donors (Lipinski definition) is 1. The first-order valence-electron chi connectivity index (χ1n) is 7.23. The second kappa shape index (κ2) is 8.49. The molecular weight excluding hydrogens is 361 g/mol. The third-order valence-corrected chi connectivity index (χ3v) is 3.83. The van der Waals surface area contributed by atoms with Crippen LogP contribution in [0.25, 0.3) is 0 Å². The highest BCUT2D eigenvalue weighted by molar-refractivity contribution is 14.0. The van der Waals surface area contributed by atoms with Crippen molar-refractivity contribution in [2.45, 2.75) is 32.6 Å². The molecule has 1 N–H and O–H groups in total. The van der Waals surface area contributed by atoms with Crippen LogP contribution >= 0.6 is 24.0 Å². The lowest BCUT2D eigenvalue weighted by molar-refractivity contribution is 0.490. The number of benzene rings is 1. The van der Waals surface area contributed by atoms with Gasteiger partial charge in [0.15, 0.2) is 5.96 Å². The van der Waals surface area contributed by atoms with Crippen molar-refractivity contribution in [1.82, 2.24) is 10.2 Å². The normalized spacial score (nSPS) is 16.8. The summed E-state index contributed by atoms with van der Waals surface area (Å²) in [6.45, 7) is 7.60. The zero-order valence-electron chi connectivity index (χ0n) is 12.7. The maximum atomic E-state index is 4.38. The molecule has 0 aliphatic carbocycles. The monoisotopic (exact) mass is 387 g/mol. The molecule has 1 atom stereocenters. The van der Waals surface area contributed by atoms with E-state index in [9.17, 15) is 0 Å². The fourth-order valence-electron chi connectivity index (χ4n) is 2.52. The highest BCUT2D eigenvalue weighted by Gasteiger charge is 2.16. The van der Waals surface area contributed by atoms with E-state index >= 15 is 0 Å². The highest BCUT2D eigenvalue weighted by atomic mass is 127. The van der Waals surface area contributed by atoms with Gasteiger partial charge in [0.1, 0.15) is 0 Å². The number of guanidine groups is 1. The number of nitrogens with zero attached hydrogens (tertiary/aromatic N) is 2. The molecule has 1 aromatic rings. The maximum absolute atomic E-state index is 4.38. The zero-order chi connectivity index (χ0) is 13.7. The van der Waals surface area contributed by atoms with E-state index in [0.29, 0.717) is 5.92 Å². The summed E-state index contributed by atoms with van der Waals surface area (Å²) in [5.74, 6) is 1.55. The van der Waals surface area contributed by atoms with Gasteiger partial charge in [-0.05, 0) is 31.2 Å². The van der Waals surface area contributed by atoms with Crippen LogP contribution in [0, 0.1) is 6.92 Å². The number of aliphatic imine (C=N–C) groups is 1. The van der Waals surface area contributed by atoms with Crippen molar-refractivity contribution in [2.24, 2.45) is 4.99 Å². The number of aryl methyl sites for hydroxylation is 1. The summed E-state index contributed by atoms with van der Waals surface area (Å²) in [5, 5.41) is 3.50. The van der Waals surface area contributed by atoms with Gasteiger partial charge < -0.3 is 10.2 Å². The van der Waals surface area contributed by atoms with Crippen LogP contribution in [0.2, 0.25) is 0 Å². The Hall–Kier alpha value is -0.780. The highest BCUT2D eigenvalue weighted by Crippen LogP contribution is 2.15. The van der Waals surface area contributed by atoms with Crippen molar-refractivity contribution in [1.29, 1.82) is 0 Å². The zero-order valence-corrected chi connectivity index (χ0v) is 15.1. The number of nitrogens with one attached hydrogen (secondary N) is 1. The number of hydrogen-bond acceptors (Lipinski definition) is 1. The minimum atomic E-state index is 0. The molecule has 1 saturated heterocycles. The molecule has 0 spiro atoms. The van der Waals surface area contributed by atoms with Gasteiger partial charge >= 0.3 is 0 Å². The average Bonchev–Trinajstić information content (AvgIpc) is 2.94. The van der Waals surface area contributed by atoms with Crippen LogP contribution in [-0.2, 0) is 0 Å². The van der Waals surface area contributed by atoms with Gasteiger partial charge in [0.05, 0.1) is 0 Å². The minimum absolute atomic E-state index is 0. The van der Waals surface area contributed by atoms with Crippen molar-refractivity contribution in [3.63, 3.8) is 0 Å². The van der Waals surface area contributed by atoms with Crippen LogP contribution in [0.15, 0.2) is 29.3 Å². The van der Waals surface area contributed by atoms with Crippen molar-refractivity contribution >= 4 is 29.9 Å². The van der Waals surface area contributed by atoms with Gasteiger partial charge in [-0.1, -0.05) is 36.8 Å². The first-order chi connectivity index (χ1) is 9.20. The van der Waals surface area contributed by atoms with Gasteiger partial charge in [-0.3, -0.25) is 4.99 Å². The Morgan fingerprint density at radius 1 is 1.25 bits per heavy atom. The number of halogens is 1. The van der Waals surface area contributed by atoms with E-state index in [1.807, 2.05) is 7.05 Å². The van der Waals surface area contributed by atoms with Crippen LogP contribution < -0.4 is 5.32 Å². The summed E-state index contributed by atoms with van der Waals surface area (Å²) in [4.78, 5) is 6.73. The second-order valence-corrected chi connectivity index (χ2v) is 5.43. The molecule has 0 aromatic heterocycles. The van der Waals surface area contributed by atoms with E-state index in [-0.39, 0.29) is 24.0 Å². The molecule has 1 fully saturated rings. The van der Waals surface area contributed by atoms with Gasteiger partial charge in [0.2, 0.25) is 0 Å². The Morgan fingerprint density at radius 2 is 1.85 bits per heavy atom. The fourth-order valence-corrected chi connectivity index (χ4v) is 2.52. The van der Waals surface area contributed by atoms with Crippen molar-refractivity contribution in [2.75, 3.05) is 26.7 Å². The molecule has 20 heavy (non-hydrogen) atoms. The molecule has 1 aliphatic rings. The predicted molar refractivity (Wildman–Crippen MR) is 97.2 cm³/mol. The molecule has 2 rings (SSSR count). The van der Waals surface area contributed by atoms with E-state index in [1.165, 1.54) is 24.0 Å².